The van der Waals surface area contributed by atoms with Gasteiger partial charge in [0.25, 0.3) is 5.69 Å². The molecule has 0 aromatic heterocycles. The summed E-state index contributed by atoms with van der Waals surface area (Å²) in [5.41, 5.74) is 1.29. The molecule has 0 saturated carbocycles. The fourth-order valence-corrected chi connectivity index (χ4v) is 1.96. The molecule has 0 saturated heterocycles. The Morgan fingerprint density at radius 2 is 2.09 bits per heavy atom. The van der Waals surface area contributed by atoms with E-state index in [0.29, 0.717) is 11.4 Å². The lowest BCUT2D eigenvalue weighted by Gasteiger charge is -2.11. The number of benzene rings is 2. The number of ether oxygens (including phenoxy) is 1. The highest BCUT2D eigenvalue weighted by molar-refractivity contribution is 5.70. The topological polar surface area (TPSA) is 84.6 Å². The van der Waals surface area contributed by atoms with E-state index in [1.165, 1.54) is 6.07 Å². The Balaban J connectivity index is 2.24. The second kappa shape index (κ2) is 6.86. The van der Waals surface area contributed by atoms with Gasteiger partial charge in [0, 0.05) is 5.69 Å². The van der Waals surface area contributed by atoms with Crippen LogP contribution in [0.4, 0.5) is 21.5 Å². The first kappa shape index (κ1) is 15.7. The van der Waals surface area contributed by atoms with Gasteiger partial charge in [0.15, 0.2) is 0 Å². The first-order valence-corrected chi connectivity index (χ1v) is 6.56. The average Bonchev–Trinajstić information content (AvgIpc) is 2.48. The lowest BCUT2D eigenvalue weighted by molar-refractivity contribution is -0.384. The molecule has 0 heterocycles. The van der Waals surface area contributed by atoms with E-state index in [1.54, 1.807) is 18.2 Å². The zero-order valence-corrected chi connectivity index (χ0v) is 11.9. The van der Waals surface area contributed by atoms with Gasteiger partial charge >= 0.3 is 0 Å². The van der Waals surface area contributed by atoms with Gasteiger partial charge in [-0.2, -0.15) is 0 Å². The average molecular weight is 306 g/mol. The number of nitro benzene ring substituents is 1. The summed E-state index contributed by atoms with van der Waals surface area (Å²) in [5, 5.41) is 22.6. The Hall–Kier alpha value is -2.67. The minimum atomic E-state index is -0.666. The Kier molecular flexibility index (Phi) is 4.90. The van der Waals surface area contributed by atoms with Gasteiger partial charge in [-0.15, -0.1) is 0 Å². The minimum absolute atomic E-state index is 0.0821. The van der Waals surface area contributed by atoms with Crippen molar-refractivity contribution in [2.45, 2.75) is 6.92 Å². The predicted molar refractivity (Wildman–Crippen MR) is 80.1 cm³/mol. The van der Waals surface area contributed by atoms with Gasteiger partial charge in [-0.25, -0.2) is 4.39 Å². The van der Waals surface area contributed by atoms with Gasteiger partial charge in [-0.1, -0.05) is 0 Å². The smallest absolute Gasteiger partial charge is 0.295 e. The summed E-state index contributed by atoms with van der Waals surface area (Å²) in [4.78, 5) is 10.3. The van der Waals surface area contributed by atoms with Crippen LogP contribution in [0.15, 0.2) is 36.4 Å². The molecule has 0 atom stereocenters. The largest absolute Gasteiger partial charge is 0.491 e. The summed E-state index contributed by atoms with van der Waals surface area (Å²) >= 11 is 0. The Morgan fingerprint density at radius 3 is 2.73 bits per heavy atom. The number of anilines is 2. The monoisotopic (exact) mass is 306 g/mol. The molecule has 0 aliphatic carbocycles. The third kappa shape index (κ3) is 3.70. The number of rotatable bonds is 6. The van der Waals surface area contributed by atoms with Crippen LogP contribution in [0, 0.1) is 22.9 Å². The number of hydrogen-bond acceptors (Lipinski definition) is 5. The van der Waals surface area contributed by atoms with Crippen LogP contribution in [-0.2, 0) is 0 Å². The van der Waals surface area contributed by atoms with E-state index in [1.807, 2.05) is 6.92 Å². The Bertz CT molecular complexity index is 691. The second-order valence-electron chi connectivity index (χ2n) is 4.60. The van der Waals surface area contributed by atoms with Crippen LogP contribution in [0.1, 0.15) is 5.56 Å². The normalized spacial score (nSPS) is 10.3. The molecule has 116 valence electrons. The Morgan fingerprint density at radius 1 is 1.32 bits per heavy atom. The zero-order chi connectivity index (χ0) is 16.1. The maximum absolute atomic E-state index is 13.1. The summed E-state index contributed by atoms with van der Waals surface area (Å²) in [7, 11) is 0. The molecule has 2 aromatic rings. The summed E-state index contributed by atoms with van der Waals surface area (Å²) < 4.78 is 18.4. The van der Waals surface area contributed by atoms with Crippen molar-refractivity contribution in [1.82, 2.24) is 0 Å². The van der Waals surface area contributed by atoms with Crippen molar-refractivity contribution in [3.8, 4) is 5.75 Å². The van der Waals surface area contributed by atoms with Gasteiger partial charge in [0.2, 0.25) is 0 Å². The van der Waals surface area contributed by atoms with Crippen LogP contribution < -0.4 is 10.1 Å². The number of aliphatic hydroxyl groups is 1. The van der Waals surface area contributed by atoms with Crippen molar-refractivity contribution in [3.63, 3.8) is 0 Å². The molecule has 0 spiro atoms. The van der Waals surface area contributed by atoms with Gasteiger partial charge < -0.3 is 15.2 Å². The summed E-state index contributed by atoms with van der Waals surface area (Å²) in [5.74, 6) is -0.0469. The van der Waals surface area contributed by atoms with Crippen molar-refractivity contribution >= 4 is 17.1 Å². The van der Waals surface area contributed by atoms with Crippen LogP contribution in [-0.4, -0.2) is 23.2 Å². The fourth-order valence-electron chi connectivity index (χ4n) is 1.96. The molecule has 0 amide bonds. The summed E-state index contributed by atoms with van der Waals surface area (Å²) in [6.45, 7) is 1.93. The van der Waals surface area contributed by atoms with Crippen molar-refractivity contribution in [1.29, 1.82) is 0 Å². The molecule has 0 unspecified atom stereocenters. The van der Waals surface area contributed by atoms with Crippen LogP contribution in [0.5, 0.6) is 5.75 Å². The van der Waals surface area contributed by atoms with Crippen LogP contribution in [0.3, 0.4) is 0 Å². The molecule has 0 bridgehead atoms. The molecule has 7 heteroatoms. The van der Waals surface area contributed by atoms with Crippen LogP contribution in [0.2, 0.25) is 0 Å². The molecule has 0 aliphatic heterocycles. The van der Waals surface area contributed by atoms with Gasteiger partial charge in [0.05, 0.1) is 17.6 Å². The number of aliphatic hydroxyl groups excluding tert-OH is 1. The number of aryl methyl sites for hydroxylation is 1. The molecule has 0 aliphatic rings. The number of nitro groups is 1. The van der Waals surface area contributed by atoms with E-state index in [-0.39, 0.29) is 24.6 Å². The lowest BCUT2D eigenvalue weighted by atomic mass is 10.2. The maximum atomic E-state index is 13.1. The van der Waals surface area contributed by atoms with Gasteiger partial charge in [-0.3, -0.25) is 10.1 Å². The van der Waals surface area contributed by atoms with E-state index in [0.717, 1.165) is 17.7 Å². The molecule has 2 aromatic carbocycles. The first-order valence-electron chi connectivity index (χ1n) is 6.56. The van der Waals surface area contributed by atoms with E-state index in [4.69, 9.17) is 9.84 Å². The highest BCUT2D eigenvalue weighted by Crippen LogP contribution is 2.30. The molecule has 0 radical (unpaired) electrons. The van der Waals surface area contributed by atoms with E-state index < -0.39 is 10.7 Å². The molecule has 22 heavy (non-hydrogen) atoms. The highest BCUT2D eigenvalue weighted by atomic mass is 19.1. The molecular formula is C15H15FN2O4. The van der Waals surface area contributed by atoms with Crippen molar-refractivity contribution in [3.05, 3.63) is 57.9 Å². The Labute approximate surface area is 126 Å². The molecule has 2 rings (SSSR count). The quantitative estimate of drug-likeness (QED) is 0.632. The molecule has 0 fully saturated rings. The number of halogens is 1. The van der Waals surface area contributed by atoms with Crippen molar-refractivity contribution in [2.24, 2.45) is 0 Å². The van der Waals surface area contributed by atoms with Crippen molar-refractivity contribution < 1.29 is 19.2 Å². The first-order chi connectivity index (χ1) is 10.5. The number of nitrogens with one attached hydrogen (secondary N) is 1. The van der Waals surface area contributed by atoms with Gasteiger partial charge in [0.1, 0.15) is 23.9 Å². The zero-order valence-electron chi connectivity index (χ0n) is 11.9. The van der Waals surface area contributed by atoms with E-state index >= 15 is 0 Å². The molecule has 2 N–H and O–H groups in total. The summed E-state index contributed by atoms with van der Waals surface area (Å²) in [6, 6.07) is 8.48. The van der Waals surface area contributed by atoms with E-state index in [2.05, 4.69) is 5.32 Å². The summed E-state index contributed by atoms with van der Waals surface area (Å²) in [6.07, 6.45) is 0. The third-order valence-corrected chi connectivity index (χ3v) is 2.96. The number of nitrogens with zero attached hydrogens (tertiary/aromatic N) is 1. The highest BCUT2D eigenvalue weighted by Gasteiger charge is 2.15. The predicted octanol–water partition coefficient (Wildman–Crippen LogP) is 3.16. The standard InChI is InChI=1S/C15H15FN2O4/c1-10-8-12(3-5-15(10)22-7-6-19)17-13-4-2-11(16)9-14(13)18(20)21/h2-5,8-9,17,19H,6-7H2,1H3. The van der Waals surface area contributed by atoms with Crippen LogP contribution in [0.25, 0.3) is 0 Å². The van der Waals surface area contributed by atoms with Crippen molar-refractivity contribution in [2.75, 3.05) is 18.5 Å². The third-order valence-electron chi connectivity index (χ3n) is 2.96. The second-order valence-corrected chi connectivity index (χ2v) is 4.60. The number of hydrogen-bond donors (Lipinski definition) is 2. The molecule has 6 nitrogen and oxygen atoms in total. The SMILES string of the molecule is Cc1cc(Nc2ccc(F)cc2[N+](=O)[O-])ccc1OCCO. The lowest BCUT2D eigenvalue weighted by Crippen LogP contribution is -2.03. The minimum Gasteiger partial charge on any atom is -0.491 e. The van der Waals surface area contributed by atoms with Gasteiger partial charge in [-0.05, 0) is 42.8 Å². The molecular weight excluding hydrogens is 291 g/mol. The maximum Gasteiger partial charge on any atom is 0.295 e. The van der Waals surface area contributed by atoms with E-state index in [9.17, 15) is 14.5 Å². The fraction of sp³-hybridized carbons (Fsp3) is 0.200. The van der Waals surface area contributed by atoms with Crippen LogP contribution >= 0.6 is 0 Å².